The fourth-order valence-electron chi connectivity index (χ4n) is 4.03. The van der Waals surface area contributed by atoms with Gasteiger partial charge in [-0.3, -0.25) is 0 Å². The predicted octanol–water partition coefficient (Wildman–Crippen LogP) is 7.61. The van der Waals surface area contributed by atoms with Crippen molar-refractivity contribution in [2.24, 2.45) is 0 Å². The molecule has 0 radical (unpaired) electrons. The first kappa shape index (κ1) is 25.2. The third kappa shape index (κ3) is 11.9. The fraction of sp³-hybridized carbons (Fsp3) is 0.880. The van der Waals surface area contributed by atoms with Gasteiger partial charge in [0.25, 0.3) is 0 Å². The average molecular weight is 395 g/mol. The summed E-state index contributed by atoms with van der Waals surface area (Å²) in [7, 11) is 0. The van der Waals surface area contributed by atoms with Crippen LogP contribution in [0.5, 0.6) is 0 Å². The van der Waals surface area contributed by atoms with E-state index >= 15 is 0 Å². The number of cyclic esters (lactones) is 1. The Balaban J connectivity index is 1.83. The fourth-order valence-corrected chi connectivity index (χ4v) is 4.03. The number of carbonyl (C=O) groups is 1. The standard InChI is InChI=1S/C25H46O3/c1-3-5-6-7-8-9-10-11-12-13-14-15-16-17-18-20-22(26)21-24-23(19-4-2)25(27)28-24/h22,26H,3-21H2,1-2H3/t22-/m0/s1. The third-order valence-corrected chi connectivity index (χ3v) is 5.86. The topological polar surface area (TPSA) is 46.5 Å². The van der Waals surface area contributed by atoms with E-state index in [9.17, 15) is 9.90 Å². The molecule has 3 heteroatoms. The maximum atomic E-state index is 11.4. The van der Waals surface area contributed by atoms with Gasteiger partial charge in [0.2, 0.25) is 0 Å². The molecule has 28 heavy (non-hydrogen) atoms. The van der Waals surface area contributed by atoms with E-state index in [1.165, 1.54) is 89.9 Å². The van der Waals surface area contributed by atoms with Crippen LogP contribution in [0.4, 0.5) is 0 Å². The first-order valence-corrected chi connectivity index (χ1v) is 12.3. The van der Waals surface area contributed by atoms with Crippen molar-refractivity contribution >= 4 is 5.97 Å². The molecule has 0 amide bonds. The van der Waals surface area contributed by atoms with Crippen LogP contribution in [0.15, 0.2) is 11.3 Å². The Kier molecular flexibility index (Phi) is 15.4. The van der Waals surface area contributed by atoms with E-state index in [2.05, 4.69) is 13.8 Å². The smallest absolute Gasteiger partial charge is 0.342 e. The van der Waals surface area contributed by atoms with Gasteiger partial charge in [-0.05, 0) is 12.8 Å². The molecule has 3 nitrogen and oxygen atoms in total. The summed E-state index contributed by atoms with van der Waals surface area (Å²) in [5, 5.41) is 10.1. The minimum absolute atomic E-state index is 0.184. The van der Waals surface area contributed by atoms with Gasteiger partial charge in [-0.1, -0.05) is 117 Å². The van der Waals surface area contributed by atoms with Gasteiger partial charge in [-0.2, -0.15) is 0 Å². The Hall–Kier alpha value is -0.830. The number of carbonyl (C=O) groups excluding carboxylic acids is 1. The van der Waals surface area contributed by atoms with Gasteiger partial charge >= 0.3 is 5.97 Å². The van der Waals surface area contributed by atoms with Crippen molar-refractivity contribution in [1.82, 2.24) is 0 Å². The zero-order chi connectivity index (χ0) is 20.5. The van der Waals surface area contributed by atoms with Gasteiger partial charge in [0.05, 0.1) is 11.7 Å². The maximum absolute atomic E-state index is 11.4. The third-order valence-electron chi connectivity index (χ3n) is 5.86. The van der Waals surface area contributed by atoms with Crippen LogP contribution in [-0.4, -0.2) is 17.2 Å². The van der Waals surface area contributed by atoms with Crippen LogP contribution in [0.3, 0.4) is 0 Å². The minimum Gasteiger partial charge on any atom is -0.427 e. The second-order valence-corrected chi connectivity index (χ2v) is 8.64. The molecule has 0 aromatic heterocycles. The number of rotatable bonds is 20. The Morgan fingerprint density at radius 2 is 1.18 bits per heavy atom. The van der Waals surface area contributed by atoms with Crippen LogP contribution < -0.4 is 0 Å². The molecule has 0 aromatic rings. The van der Waals surface area contributed by atoms with Crippen molar-refractivity contribution in [3.63, 3.8) is 0 Å². The average Bonchev–Trinajstić information content (AvgIpc) is 2.68. The van der Waals surface area contributed by atoms with Crippen molar-refractivity contribution in [1.29, 1.82) is 0 Å². The van der Waals surface area contributed by atoms with Gasteiger partial charge in [0, 0.05) is 6.42 Å². The zero-order valence-corrected chi connectivity index (χ0v) is 18.8. The first-order chi connectivity index (χ1) is 13.7. The molecule has 0 bridgehead atoms. The lowest BCUT2D eigenvalue weighted by atomic mass is 9.99. The molecular formula is C25H46O3. The highest BCUT2D eigenvalue weighted by Crippen LogP contribution is 2.29. The molecule has 0 fully saturated rings. The first-order valence-electron chi connectivity index (χ1n) is 12.3. The molecule has 0 unspecified atom stereocenters. The van der Waals surface area contributed by atoms with E-state index in [1.54, 1.807) is 0 Å². The van der Waals surface area contributed by atoms with Crippen LogP contribution in [0.25, 0.3) is 0 Å². The number of hydrogen-bond acceptors (Lipinski definition) is 3. The number of aliphatic hydroxyl groups excluding tert-OH is 1. The van der Waals surface area contributed by atoms with E-state index in [0.717, 1.165) is 37.0 Å². The van der Waals surface area contributed by atoms with Gasteiger partial charge in [-0.15, -0.1) is 0 Å². The molecule has 164 valence electrons. The van der Waals surface area contributed by atoms with Crippen molar-refractivity contribution in [2.75, 3.05) is 0 Å². The SMILES string of the molecule is CCCCCCCCCCCCCCCCC[C@H](O)CC1=C(CCC)C(=O)O1. The predicted molar refractivity (Wildman–Crippen MR) is 118 cm³/mol. The lowest BCUT2D eigenvalue weighted by Crippen LogP contribution is -2.25. The summed E-state index contributed by atoms with van der Waals surface area (Å²) >= 11 is 0. The van der Waals surface area contributed by atoms with Crippen molar-refractivity contribution in [2.45, 2.75) is 142 Å². The molecule has 0 aliphatic carbocycles. The van der Waals surface area contributed by atoms with Crippen LogP contribution in [-0.2, 0) is 9.53 Å². The molecule has 0 spiro atoms. The van der Waals surface area contributed by atoms with Crippen molar-refractivity contribution < 1.29 is 14.6 Å². The molecule has 1 N–H and O–H groups in total. The largest absolute Gasteiger partial charge is 0.427 e. The number of esters is 1. The molecule has 0 saturated carbocycles. The second-order valence-electron chi connectivity index (χ2n) is 8.64. The van der Waals surface area contributed by atoms with Crippen LogP contribution in [0, 0.1) is 0 Å². The van der Waals surface area contributed by atoms with E-state index in [1.807, 2.05) is 0 Å². The van der Waals surface area contributed by atoms with E-state index < -0.39 is 0 Å². The lowest BCUT2D eigenvalue weighted by molar-refractivity contribution is -0.141. The molecule has 1 aliphatic heterocycles. The van der Waals surface area contributed by atoms with Gasteiger partial charge in [-0.25, -0.2) is 4.79 Å². The summed E-state index contributed by atoms with van der Waals surface area (Å²) < 4.78 is 5.08. The Bertz CT molecular complexity index is 428. The number of hydrogen-bond donors (Lipinski definition) is 1. The lowest BCUT2D eigenvalue weighted by Gasteiger charge is -2.24. The van der Waals surface area contributed by atoms with Gasteiger partial charge in [0.15, 0.2) is 0 Å². The highest BCUT2D eigenvalue weighted by Gasteiger charge is 2.30. The minimum atomic E-state index is -0.364. The normalized spacial score (nSPS) is 14.9. The monoisotopic (exact) mass is 394 g/mol. The summed E-state index contributed by atoms with van der Waals surface area (Å²) in [6.07, 6.45) is 23.1. The Morgan fingerprint density at radius 3 is 1.61 bits per heavy atom. The summed E-state index contributed by atoms with van der Waals surface area (Å²) in [5.41, 5.74) is 0.804. The summed E-state index contributed by atoms with van der Waals surface area (Å²) in [5.74, 6) is 0.552. The molecule has 0 saturated heterocycles. The molecule has 1 aliphatic rings. The summed E-state index contributed by atoms with van der Waals surface area (Å²) in [4.78, 5) is 11.4. The molecule has 0 aromatic carbocycles. The van der Waals surface area contributed by atoms with Crippen LogP contribution in [0.1, 0.15) is 136 Å². The quantitative estimate of drug-likeness (QED) is 0.171. The number of ether oxygens (including phenoxy) is 1. The van der Waals surface area contributed by atoms with Crippen LogP contribution >= 0.6 is 0 Å². The molecule has 1 rings (SSSR count). The molecule has 1 heterocycles. The Labute approximate surface area is 174 Å². The molecule has 1 atom stereocenters. The number of aliphatic hydroxyl groups is 1. The maximum Gasteiger partial charge on any atom is 0.342 e. The second kappa shape index (κ2) is 17.1. The highest BCUT2D eigenvalue weighted by atomic mass is 16.6. The summed E-state index contributed by atoms with van der Waals surface area (Å²) in [6.45, 7) is 4.34. The van der Waals surface area contributed by atoms with Gasteiger partial charge in [0.1, 0.15) is 5.76 Å². The van der Waals surface area contributed by atoms with Gasteiger partial charge < -0.3 is 9.84 Å². The summed E-state index contributed by atoms with van der Waals surface area (Å²) in [6, 6.07) is 0. The molecular weight excluding hydrogens is 348 g/mol. The zero-order valence-electron chi connectivity index (χ0n) is 18.8. The highest BCUT2D eigenvalue weighted by molar-refractivity contribution is 5.95. The van der Waals surface area contributed by atoms with E-state index in [0.29, 0.717) is 6.42 Å². The van der Waals surface area contributed by atoms with E-state index in [4.69, 9.17) is 4.74 Å². The Morgan fingerprint density at radius 1 is 0.714 bits per heavy atom. The van der Waals surface area contributed by atoms with Crippen LogP contribution in [0.2, 0.25) is 0 Å². The van der Waals surface area contributed by atoms with Crippen molar-refractivity contribution in [3.05, 3.63) is 11.3 Å². The number of unbranched alkanes of at least 4 members (excludes halogenated alkanes) is 14. The van der Waals surface area contributed by atoms with E-state index in [-0.39, 0.29) is 12.1 Å². The van der Waals surface area contributed by atoms with Crippen molar-refractivity contribution in [3.8, 4) is 0 Å².